The van der Waals surface area contributed by atoms with Crippen molar-refractivity contribution in [1.29, 1.82) is 0 Å². The van der Waals surface area contributed by atoms with Gasteiger partial charge in [0.15, 0.2) is 0 Å². The van der Waals surface area contributed by atoms with Crippen molar-refractivity contribution in [3.63, 3.8) is 0 Å². The van der Waals surface area contributed by atoms with Crippen LogP contribution in [0.15, 0.2) is 60.7 Å². The highest BCUT2D eigenvalue weighted by atomic mass is 14.1. The first-order valence-corrected chi connectivity index (χ1v) is 8.09. The van der Waals surface area contributed by atoms with Gasteiger partial charge in [-0.05, 0) is 47.5 Å². The van der Waals surface area contributed by atoms with Crippen molar-refractivity contribution in [2.24, 2.45) is 5.92 Å². The minimum absolute atomic E-state index is 0.556. The Labute approximate surface area is 132 Å². The van der Waals surface area contributed by atoms with Gasteiger partial charge < -0.3 is 0 Å². The molecule has 0 atom stereocenters. The van der Waals surface area contributed by atoms with E-state index in [1.54, 1.807) is 0 Å². The van der Waals surface area contributed by atoms with Gasteiger partial charge in [-0.1, -0.05) is 84.2 Å². The summed E-state index contributed by atoms with van der Waals surface area (Å²) in [5, 5.41) is 0. The quantitative estimate of drug-likeness (QED) is 0.521. The highest BCUT2D eigenvalue weighted by Crippen LogP contribution is 2.18. The number of benzene rings is 1. The van der Waals surface area contributed by atoms with E-state index in [-0.39, 0.29) is 0 Å². The fraction of sp³-hybridized carbons (Fsp3) is 0.429. The van der Waals surface area contributed by atoms with Crippen LogP contribution >= 0.6 is 0 Å². The fourth-order valence-corrected chi connectivity index (χ4v) is 2.21. The van der Waals surface area contributed by atoms with E-state index in [0.717, 1.165) is 19.3 Å². The Morgan fingerprint density at radius 3 is 1.48 bits per heavy atom. The average Bonchev–Trinajstić information content (AvgIpc) is 2.52. The van der Waals surface area contributed by atoms with Crippen LogP contribution in [0.2, 0.25) is 0 Å². The Kier molecular flexibility index (Phi) is 10.3. The summed E-state index contributed by atoms with van der Waals surface area (Å²) in [7, 11) is 0. The molecule has 0 heterocycles. The minimum Gasteiger partial charge on any atom is -0.0988 e. The lowest BCUT2D eigenvalue weighted by Gasteiger charge is -2.10. The van der Waals surface area contributed by atoms with Gasteiger partial charge in [-0.3, -0.25) is 0 Å². The third kappa shape index (κ3) is 7.13. The Morgan fingerprint density at radius 1 is 0.905 bits per heavy atom. The van der Waals surface area contributed by atoms with Crippen LogP contribution in [0.1, 0.15) is 52.2 Å². The van der Waals surface area contributed by atoms with Gasteiger partial charge in [0, 0.05) is 0 Å². The second kappa shape index (κ2) is 11.1. The maximum atomic E-state index is 3.79. The van der Waals surface area contributed by atoms with E-state index in [4.69, 9.17) is 0 Å². The Balaban J connectivity index is 0.000000382. The molecule has 0 bridgehead atoms. The molecule has 0 aromatic heterocycles. The highest BCUT2D eigenvalue weighted by Gasteiger charge is 2.02. The largest absolute Gasteiger partial charge is 0.0988 e. The molecule has 21 heavy (non-hydrogen) atoms. The van der Waals surface area contributed by atoms with Crippen LogP contribution < -0.4 is 0 Å². The molecule has 0 N–H and O–H groups in total. The molecule has 1 rings (SSSR count). The van der Waals surface area contributed by atoms with E-state index in [1.807, 2.05) is 12.2 Å². The normalized spacial score (nSPS) is 11.3. The molecule has 1 aromatic rings. The van der Waals surface area contributed by atoms with Crippen LogP contribution in [-0.2, 0) is 12.8 Å². The number of rotatable bonds is 6. The Hall–Kier alpha value is -1.56. The summed E-state index contributed by atoms with van der Waals surface area (Å²) >= 11 is 0. The van der Waals surface area contributed by atoms with Crippen molar-refractivity contribution in [3.8, 4) is 0 Å². The first-order valence-electron chi connectivity index (χ1n) is 8.09. The lowest BCUT2D eigenvalue weighted by atomic mass is 9.96. The first kappa shape index (κ1) is 19.4. The predicted octanol–water partition coefficient (Wildman–Crippen LogP) is 6.53. The predicted molar refractivity (Wildman–Crippen MR) is 97.7 cm³/mol. The number of allylic oxidation sites excluding steroid dienone is 4. The lowest BCUT2D eigenvalue weighted by molar-refractivity contribution is 0.777. The third-order valence-electron chi connectivity index (χ3n) is 3.68. The van der Waals surface area contributed by atoms with Crippen LogP contribution in [0.3, 0.4) is 0 Å². The molecule has 0 fully saturated rings. The van der Waals surface area contributed by atoms with E-state index < -0.39 is 0 Å². The maximum Gasteiger partial charge on any atom is -0.0216 e. The molecule has 1 aromatic carbocycles. The molecule has 0 aliphatic heterocycles. The van der Waals surface area contributed by atoms with Crippen LogP contribution in [0.4, 0.5) is 0 Å². The van der Waals surface area contributed by atoms with Crippen LogP contribution in [0.5, 0.6) is 0 Å². The fourth-order valence-electron chi connectivity index (χ4n) is 2.21. The molecule has 0 aliphatic carbocycles. The molecular formula is C21H32. The lowest BCUT2D eigenvalue weighted by Crippen LogP contribution is -1.94. The second-order valence-corrected chi connectivity index (χ2v) is 5.42. The summed E-state index contributed by atoms with van der Waals surface area (Å²) in [5.41, 5.74) is 5.49. The van der Waals surface area contributed by atoms with Gasteiger partial charge in [0.25, 0.3) is 0 Å². The molecule has 0 radical (unpaired) electrons. The molecule has 0 nitrogen and oxygen atoms in total. The van der Waals surface area contributed by atoms with Crippen LogP contribution in [0, 0.1) is 5.92 Å². The summed E-state index contributed by atoms with van der Waals surface area (Å²) in [6, 6.07) is 8.83. The van der Waals surface area contributed by atoms with Crippen LogP contribution in [-0.4, -0.2) is 0 Å². The van der Waals surface area contributed by atoms with E-state index in [2.05, 4.69) is 72.0 Å². The van der Waals surface area contributed by atoms with E-state index >= 15 is 0 Å². The molecular weight excluding hydrogens is 252 g/mol. The first-order chi connectivity index (χ1) is 10.0. The zero-order chi connectivity index (χ0) is 16.3. The van der Waals surface area contributed by atoms with Crippen molar-refractivity contribution < 1.29 is 0 Å². The molecule has 0 amide bonds. The molecule has 116 valence electrons. The van der Waals surface area contributed by atoms with E-state index in [1.165, 1.54) is 22.3 Å². The number of aryl methyl sites for hydroxylation is 2. The van der Waals surface area contributed by atoms with Gasteiger partial charge in [-0.2, -0.15) is 0 Å². The summed E-state index contributed by atoms with van der Waals surface area (Å²) in [6.07, 6.45) is 7.19. The maximum absolute atomic E-state index is 3.79. The molecule has 0 saturated carbocycles. The standard InChI is InChI=1S/C11H18.C10H14/c1-6-10(7-2)11(8-3)9(4)5;1-3-9-5-7-10(4-2)8-6-9/h6,8-9H,1,3,7H2,2,4-5H3;5-8H,3-4H2,1-2H3/b11-10-;. The molecule has 0 saturated heterocycles. The van der Waals surface area contributed by atoms with Gasteiger partial charge in [-0.25, -0.2) is 0 Å². The van der Waals surface area contributed by atoms with Gasteiger partial charge in [0.1, 0.15) is 0 Å². The zero-order valence-electron chi connectivity index (χ0n) is 14.6. The summed E-state index contributed by atoms with van der Waals surface area (Å²) < 4.78 is 0. The minimum atomic E-state index is 0.556. The van der Waals surface area contributed by atoms with Crippen molar-refractivity contribution in [2.45, 2.75) is 53.9 Å². The topological polar surface area (TPSA) is 0 Å². The van der Waals surface area contributed by atoms with Crippen molar-refractivity contribution in [3.05, 3.63) is 71.8 Å². The number of hydrogen-bond donors (Lipinski definition) is 0. The SMILES string of the molecule is C=C/C(CC)=C(\C=C)C(C)C.CCc1ccc(CC)cc1. The average molecular weight is 284 g/mol. The van der Waals surface area contributed by atoms with E-state index in [0.29, 0.717) is 5.92 Å². The second-order valence-electron chi connectivity index (χ2n) is 5.42. The number of hydrogen-bond acceptors (Lipinski definition) is 0. The van der Waals surface area contributed by atoms with Gasteiger partial charge >= 0.3 is 0 Å². The van der Waals surface area contributed by atoms with Gasteiger partial charge in [0.05, 0.1) is 0 Å². The van der Waals surface area contributed by atoms with Gasteiger partial charge in [0.2, 0.25) is 0 Å². The smallest absolute Gasteiger partial charge is 0.0216 e. The summed E-state index contributed by atoms with van der Waals surface area (Å²) in [6.45, 7) is 18.4. The third-order valence-corrected chi connectivity index (χ3v) is 3.68. The molecule has 0 spiro atoms. The van der Waals surface area contributed by atoms with E-state index in [9.17, 15) is 0 Å². The van der Waals surface area contributed by atoms with Gasteiger partial charge in [-0.15, -0.1) is 0 Å². The Morgan fingerprint density at radius 2 is 1.33 bits per heavy atom. The van der Waals surface area contributed by atoms with Crippen molar-refractivity contribution >= 4 is 0 Å². The van der Waals surface area contributed by atoms with Crippen molar-refractivity contribution in [2.75, 3.05) is 0 Å². The Bertz CT molecular complexity index is 420. The zero-order valence-corrected chi connectivity index (χ0v) is 14.6. The molecule has 0 heteroatoms. The molecule has 0 unspecified atom stereocenters. The van der Waals surface area contributed by atoms with Crippen molar-refractivity contribution in [1.82, 2.24) is 0 Å². The summed E-state index contributed by atoms with van der Waals surface area (Å²) in [4.78, 5) is 0. The highest BCUT2D eigenvalue weighted by molar-refractivity contribution is 5.32. The summed E-state index contributed by atoms with van der Waals surface area (Å²) in [5.74, 6) is 0.556. The van der Waals surface area contributed by atoms with Crippen LogP contribution in [0.25, 0.3) is 0 Å². The molecule has 0 aliphatic rings. The monoisotopic (exact) mass is 284 g/mol.